The Morgan fingerprint density at radius 1 is 1.17 bits per heavy atom. The molecule has 3 unspecified atom stereocenters. The average molecular weight is 411 g/mol. The first kappa shape index (κ1) is 19.9. The van der Waals surface area contributed by atoms with Crippen molar-refractivity contribution in [3.63, 3.8) is 0 Å². The number of aryl methyl sites for hydroxylation is 1. The molecule has 1 saturated heterocycles. The minimum atomic E-state index is -1.02. The summed E-state index contributed by atoms with van der Waals surface area (Å²) in [7, 11) is 2.83. The second-order valence-corrected chi connectivity index (χ2v) is 7.80. The van der Waals surface area contributed by atoms with E-state index in [2.05, 4.69) is 0 Å². The monoisotopic (exact) mass is 411 g/mol. The molecule has 9 heteroatoms. The lowest BCUT2D eigenvalue weighted by Crippen LogP contribution is -2.67. The maximum Gasteiger partial charge on any atom is 0.329 e. The summed E-state index contributed by atoms with van der Waals surface area (Å²) < 4.78 is 4.76. The summed E-state index contributed by atoms with van der Waals surface area (Å²) in [6.45, 7) is 7.41. The summed E-state index contributed by atoms with van der Waals surface area (Å²) in [4.78, 5) is 49.4. The standard InChI is InChI=1S/C21H25N5O4/c1-11-8-7-9-15(10-11)24-12(2)13(3)25-16-17(22-20(24)25)23(5)21(29)26(18(16)27)14(4)19(28)30-6/h7-10,14,16-17H,1-6H3. The molecular weight excluding hydrogens is 386 g/mol. The molecule has 3 aliphatic rings. The Morgan fingerprint density at radius 2 is 1.87 bits per heavy atom. The number of hydrogen-bond donors (Lipinski definition) is 0. The average Bonchev–Trinajstić information content (AvgIpc) is 3.21. The van der Waals surface area contributed by atoms with Crippen molar-refractivity contribution in [3.05, 3.63) is 41.2 Å². The highest BCUT2D eigenvalue weighted by molar-refractivity contribution is 6.11. The number of methoxy groups -OCH3 is 1. The second-order valence-electron chi connectivity index (χ2n) is 7.80. The number of urea groups is 1. The van der Waals surface area contributed by atoms with Gasteiger partial charge in [0.1, 0.15) is 6.04 Å². The van der Waals surface area contributed by atoms with Gasteiger partial charge in [-0.05, 0) is 45.4 Å². The van der Waals surface area contributed by atoms with E-state index in [0.717, 1.165) is 27.5 Å². The van der Waals surface area contributed by atoms with Gasteiger partial charge in [0.05, 0.1) is 7.11 Å². The molecular formula is C21H25N5O4. The number of carbonyl (C=O) groups excluding carboxylic acids is 3. The summed E-state index contributed by atoms with van der Waals surface area (Å²) >= 11 is 0. The number of guanidine groups is 1. The Hall–Kier alpha value is -3.36. The van der Waals surface area contributed by atoms with Crippen molar-refractivity contribution in [2.75, 3.05) is 19.1 Å². The van der Waals surface area contributed by atoms with Crippen molar-refractivity contribution in [2.45, 2.75) is 45.9 Å². The first-order valence-corrected chi connectivity index (χ1v) is 9.78. The van der Waals surface area contributed by atoms with Crippen molar-refractivity contribution in [2.24, 2.45) is 4.99 Å². The topological polar surface area (TPSA) is 85.8 Å². The maximum absolute atomic E-state index is 13.4. The number of aliphatic imine (C=N–C) groups is 1. The van der Waals surface area contributed by atoms with Crippen LogP contribution in [0.4, 0.5) is 10.5 Å². The number of imide groups is 1. The van der Waals surface area contributed by atoms with Gasteiger partial charge < -0.3 is 9.64 Å². The van der Waals surface area contributed by atoms with Crippen LogP contribution in [0, 0.1) is 6.92 Å². The largest absolute Gasteiger partial charge is 0.467 e. The molecule has 1 fully saturated rings. The van der Waals surface area contributed by atoms with E-state index in [1.54, 1.807) is 7.05 Å². The molecule has 3 atom stereocenters. The van der Waals surface area contributed by atoms with Crippen molar-refractivity contribution in [1.29, 1.82) is 0 Å². The third kappa shape index (κ3) is 2.61. The zero-order chi connectivity index (χ0) is 21.9. The van der Waals surface area contributed by atoms with Crippen molar-refractivity contribution >= 4 is 29.6 Å². The number of likely N-dealkylation sites (N-methyl/N-ethyl adjacent to an activating group) is 1. The molecule has 0 N–H and O–H groups in total. The minimum absolute atomic E-state index is 0.460. The molecule has 0 aliphatic carbocycles. The molecule has 30 heavy (non-hydrogen) atoms. The molecule has 158 valence electrons. The first-order valence-electron chi connectivity index (χ1n) is 9.78. The fraction of sp³-hybridized carbons (Fsp3) is 0.429. The van der Waals surface area contributed by atoms with E-state index >= 15 is 0 Å². The van der Waals surface area contributed by atoms with Crippen LogP contribution in [-0.4, -0.2) is 71.0 Å². The summed E-state index contributed by atoms with van der Waals surface area (Å²) in [6, 6.07) is 5.70. The highest BCUT2D eigenvalue weighted by Crippen LogP contribution is 2.40. The lowest BCUT2D eigenvalue weighted by molar-refractivity contribution is -0.153. The van der Waals surface area contributed by atoms with E-state index < -0.39 is 36.2 Å². The van der Waals surface area contributed by atoms with Gasteiger partial charge in [-0.3, -0.25) is 14.6 Å². The fourth-order valence-corrected chi connectivity index (χ4v) is 4.28. The van der Waals surface area contributed by atoms with Crippen molar-refractivity contribution < 1.29 is 19.1 Å². The zero-order valence-corrected chi connectivity index (χ0v) is 17.9. The predicted molar refractivity (Wildman–Crippen MR) is 110 cm³/mol. The lowest BCUT2D eigenvalue weighted by atomic mass is 10.1. The smallest absolute Gasteiger partial charge is 0.329 e. The third-order valence-electron chi connectivity index (χ3n) is 6.03. The first-order chi connectivity index (χ1) is 14.2. The van der Waals surface area contributed by atoms with Gasteiger partial charge in [-0.25, -0.2) is 19.5 Å². The number of nitrogens with zero attached hydrogens (tertiary/aromatic N) is 5. The molecule has 0 spiro atoms. The summed E-state index contributed by atoms with van der Waals surface area (Å²) in [5.41, 5.74) is 3.88. The van der Waals surface area contributed by atoms with E-state index in [-0.39, 0.29) is 0 Å². The predicted octanol–water partition coefficient (Wildman–Crippen LogP) is 1.89. The van der Waals surface area contributed by atoms with Crippen molar-refractivity contribution in [1.82, 2.24) is 14.7 Å². The zero-order valence-electron chi connectivity index (χ0n) is 17.9. The van der Waals surface area contributed by atoms with Gasteiger partial charge in [0, 0.05) is 24.1 Å². The highest BCUT2D eigenvalue weighted by atomic mass is 16.5. The van der Waals surface area contributed by atoms with Gasteiger partial charge >= 0.3 is 12.0 Å². The van der Waals surface area contributed by atoms with Crippen LogP contribution in [0.2, 0.25) is 0 Å². The SMILES string of the molecule is COC(=O)C(C)N1C(=O)C2C(N=C3N(c4cccc(C)c4)C(C)=C(C)N32)N(C)C1=O. The van der Waals surface area contributed by atoms with Crippen LogP contribution >= 0.6 is 0 Å². The molecule has 3 aliphatic heterocycles. The van der Waals surface area contributed by atoms with Gasteiger partial charge in [0.25, 0.3) is 5.91 Å². The number of carbonyl (C=O) groups is 3. The quantitative estimate of drug-likeness (QED) is 0.706. The summed E-state index contributed by atoms with van der Waals surface area (Å²) in [5, 5.41) is 0. The Kier molecular flexibility index (Phi) is 4.56. The number of esters is 1. The van der Waals surface area contributed by atoms with Crippen LogP contribution in [-0.2, 0) is 14.3 Å². The Morgan fingerprint density at radius 3 is 2.50 bits per heavy atom. The second kappa shape index (κ2) is 6.86. The molecule has 4 rings (SSSR count). The van der Waals surface area contributed by atoms with Crippen LogP contribution in [0.1, 0.15) is 26.3 Å². The van der Waals surface area contributed by atoms with Gasteiger partial charge in [-0.15, -0.1) is 0 Å². The Balaban J connectivity index is 1.77. The number of benzene rings is 1. The van der Waals surface area contributed by atoms with E-state index in [1.165, 1.54) is 18.9 Å². The number of anilines is 1. The van der Waals surface area contributed by atoms with Gasteiger partial charge in [-0.2, -0.15) is 0 Å². The number of ether oxygens (including phenoxy) is 1. The van der Waals surface area contributed by atoms with Crippen LogP contribution in [0.3, 0.4) is 0 Å². The molecule has 0 bridgehead atoms. The maximum atomic E-state index is 13.4. The van der Waals surface area contributed by atoms with E-state index in [1.807, 2.05) is 54.8 Å². The van der Waals surface area contributed by atoms with Crippen LogP contribution in [0.5, 0.6) is 0 Å². The highest BCUT2D eigenvalue weighted by Gasteiger charge is 2.57. The summed E-state index contributed by atoms with van der Waals surface area (Å²) in [5.74, 6) is -0.502. The number of fused-ring (bicyclic) bond motifs is 3. The number of allylic oxidation sites excluding steroid dienone is 2. The molecule has 3 heterocycles. The lowest BCUT2D eigenvalue weighted by Gasteiger charge is -2.42. The molecule has 3 amide bonds. The molecule has 1 aromatic carbocycles. The Bertz CT molecular complexity index is 1020. The molecule has 0 aromatic heterocycles. The Labute approximate surface area is 175 Å². The number of amides is 3. The third-order valence-corrected chi connectivity index (χ3v) is 6.03. The molecule has 9 nitrogen and oxygen atoms in total. The van der Waals surface area contributed by atoms with Crippen molar-refractivity contribution in [3.8, 4) is 0 Å². The summed E-state index contributed by atoms with van der Waals surface area (Å²) in [6.07, 6.45) is -0.670. The number of rotatable bonds is 3. The number of hydrogen-bond acceptors (Lipinski definition) is 7. The van der Waals surface area contributed by atoms with Gasteiger partial charge in [-0.1, -0.05) is 12.1 Å². The normalized spacial score (nSPS) is 24.3. The van der Waals surface area contributed by atoms with Gasteiger partial charge in [0.2, 0.25) is 5.96 Å². The molecule has 0 saturated carbocycles. The van der Waals surface area contributed by atoms with Crippen LogP contribution in [0.25, 0.3) is 0 Å². The van der Waals surface area contributed by atoms with Crippen LogP contribution < -0.4 is 4.90 Å². The minimum Gasteiger partial charge on any atom is -0.467 e. The van der Waals surface area contributed by atoms with E-state index in [0.29, 0.717) is 5.96 Å². The van der Waals surface area contributed by atoms with Crippen LogP contribution in [0.15, 0.2) is 40.7 Å². The molecule has 1 aromatic rings. The van der Waals surface area contributed by atoms with E-state index in [9.17, 15) is 14.4 Å². The molecule has 0 radical (unpaired) electrons. The van der Waals surface area contributed by atoms with Gasteiger partial charge in [0.15, 0.2) is 12.2 Å². The van der Waals surface area contributed by atoms with E-state index in [4.69, 9.17) is 9.73 Å². The fourth-order valence-electron chi connectivity index (χ4n) is 4.28.